The molecule has 2 fully saturated rings. The summed E-state index contributed by atoms with van der Waals surface area (Å²) in [6, 6.07) is 33.1. The molecule has 2 aliphatic rings. The van der Waals surface area contributed by atoms with Gasteiger partial charge in [-0.05, 0) is 95.3 Å². The third-order valence-electron chi connectivity index (χ3n) is 10.9. The number of halogens is 2. The number of morpholine rings is 1. The Labute approximate surface area is 344 Å². The van der Waals surface area contributed by atoms with Crippen LogP contribution in [0.3, 0.4) is 0 Å². The van der Waals surface area contributed by atoms with Crippen molar-refractivity contribution in [2.24, 2.45) is 0 Å². The number of hydrogen-bond donors (Lipinski definition) is 1. The number of amides is 1. The summed E-state index contributed by atoms with van der Waals surface area (Å²) >= 11 is 0. The fraction of sp³-hybridized carbons (Fsp3) is 0.217. The van der Waals surface area contributed by atoms with Gasteiger partial charge in [0.2, 0.25) is 15.9 Å². The third-order valence-corrected chi connectivity index (χ3v) is 12.8. The van der Waals surface area contributed by atoms with Gasteiger partial charge in [0, 0.05) is 37.7 Å². The molecule has 1 unspecified atom stereocenters. The minimum atomic E-state index is -3.86. The van der Waals surface area contributed by atoms with Crippen molar-refractivity contribution < 1.29 is 26.7 Å². The molecule has 0 radical (unpaired) electrons. The number of carbonyl (C=O) groups is 1. The average Bonchev–Trinajstić information content (AvgIpc) is 4.01. The zero-order valence-corrected chi connectivity index (χ0v) is 33.2. The van der Waals surface area contributed by atoms with Crippen LogP contribution in [0, 0.1) is 11.6 Å². The SMILES string of the molecule is O=C(Cn1ccc(C2CC2)n1)NC(Cc1cc(F)cc(F)c1)c1nc2cc(-c3ccc(-c4ccccc4)cc3)ccc2c(=O)n1-c1ccc(S(=O)(=O)N2CCOCC2)cc1. The van der Waals surface area contributed by atoms with Crippen LogP contribution in [0.25, 0.3) is 38.8 Å². The van der Waals surface area contributed by atoms with Crippen molar-refractivity contribution in [2.45, 2.75) is 42.7 Å². The van der Waals surface area contributed by atoms with E-state index in [1.165, 1.54) is 50.0 Å². The zero-order chi connectivity index (χ0) is 41.4. The van der Waals surface area contributed by atoms with E-state index in [2.05, 4.69) is 10.4 Å². The van der Waals surface area contributed by atoms with E-state index in [4.69, 9.17) is 9.72 Å². The molecule has 9 rings (SSSR count). The van der Waals surface area contributed by atoms with Gasteiger partial charge in [0.25, 0.3) is 5.56 Å². The van der Waals surface area contributed by atoms with E-state index in [0.717, 1.165) is 46.9 Å². The number of nitrogens with one attached hydrogen (secondary N) is 1. The molecule has 1 atom stereocenters. The van der Waals surface area contributed by atoms with Gasteiger partial charge < -0.3 is 10.1 Å². The van der Waals surface area contributed by atoms with Crippen LogP contribution in [0.5, 0.6) is 0 Å². The highest BCUT2D eigenvalue weighted by Crippen LogP contribution is 2.39. The number of sulfonamides is 1. The molecular formula is C46H40F2N6O5S. The van der Waals surface area contributed by atoms with Gasteiger partial charge in [0.1, 0.15) is 24.0 Å². The summed E-state index contributed by atoms with van der Waals surface area (Å²) in [6.07, 6.45) is 3.67. The van der Waals surface area contributed by atoms with Crippen molar-refractivity contribution in [1.29, 1.82) is 0 Å². The number of benzene rings is 5. The Morgan fingerprint density at radius 1 is 0.800 bits per heavy atom. The summed E-state index contributed by atoms with van der Waals surface area (Å²) in [7, 11) is -3.86. The highest BCUT2D eigenvalue weighted by molar-refractivity contribution is 7.89. The molecule has 1 saturated carbocycles. The first-order chi connectivity index (χ1) is 29.1. The van der Waals surface area contributed by atoms with Gasteiger partial charge in [-0.1, -0.05) is 60.7 Å². The highest BCUT2D eigenvalue weighted by Gasteiger charge is 2.29. The lowest BCUT2D eigenvalue weighted by Gasteiger charge is -2.26. The van der Waals surface area contributed by atoms with Gasteiger partial charge in [-0.15, -0.1) is 0 Å². The van der Waals surface area contributed by atoms with Crippen LogP contribution in [0.1, 0.15) is 41.9 Å². The van der Waals surface area contributed by atoms with E-state index in [1.54, 1.807) is 18.3 Å². The largest absolute Gasteiger partial charge is 0.379 e. The molecule has 0 spiro atoms. The third kappa shape index (κ3) is 8.26. The van der Waals surface area contributed by atoms with Gasteiger partial charge in [-0.2, -0.15) is 9.40 Å². The van der Waals surface area contributed by atoms with E-state index >= 15 is 0 Å². The Balaban J connectivity index is 1.15. The topological polar surface area (TPSA) is 128 Å². The Bertz CT molecular complexity index is 2850. The maximum atomic E-state index is 14.8. The molecule has 304 valence electrons. The fourth-order valence-corrected chi connectivity index (χ4v) is 9.08. The molecule has 1 aliphatic heterocycles. The molecular weight excluding hydrogens is 787 g/mol. The first-order valence-corrected chi connectivity index (χ1v) is 21.2. The van der Waals surface area contributed by atoms with E-state index < -0.39 is 39.2 Å². The number of aromatic nitrogens is 4. The predicted octanol–water partition coefficient (Wildman–Crippen LogP) is 7.19. The van der Waals surface area contributed by atoms with Crippen molar-refractivity contribution in [2.75, 3.05) is 26.3 Å². The van der Waals surface area contributed by atoms with Crippen LogP contribution >= 0.6 is 0 Å². The number of rotatable bonds is 12. The summed E-state index contributed by atoms with van der Waals surface area (Å²) in [4.78, 5) is 33.7. The number of hydrogen-bond acceptors (Lipinski definition) is 7. The maximum absolute atomic E-state index is 14.8. The quantitative estimate of drug-likeness (QED) is 0.138. The fourth-order valence-electron chi connectivity index (χ4n) is 7.68. The lowest BCUT2D eigenvalue weighted by atomic mass is 9.99. The highest BCUT2D eigenvalue weighted by atomic mass is 32.2. The molecule has 1 amide bonds. The minimum Gasteiger partial charge on any atom is -0.379 e. The summed E-state index contributed by atoms with van der Waals surface area (Å²) < 4.78 is 65.9. The summed E-state index contributed by atoms with van der Waals surface area (Å²) in [5, 5.41) is 7.82. The lowest BCUT2D eigenvalue weighted by molar-refractivity contribution is -0.122. The molecule has 5 aromatic carbocycles. The molecule has 2 aromatic heterocycles. The van der Waals surface area contributed by atoms with Gasteiger partial charge >= 0.3 is 0 Å². The number of ether oxygens (including phenoxy) is 1. The molecule has 1 saturated heterocycles. The van der Waals surface area contributed by atoms with Crippen molar-refractivity contribution in [3.05, 3.63) is 167 Å². The van der Waals surface area contributed by atoms with E-state index in [9.17, 15) is 26.8 Å². The monoisotopic (exact) mass is 826 g/mol. The average molecular weight is 827 g/mol. The first-order valence-electron chi connectivity index (χ1n) is 19.8. The van der Waals surface area contributed by atoms with Gasteiger partial charge in [-0.25, -0.2) is 22.2 Å². The van der Waals surface area contributed by atoms with Gasteiger partial charge in [0.15, 0.2) is 0 Å². The number of carbonyl (C=O) groups excluding carboxylic acids is 1. The molecule has 7 aromatic rings. The molecule has 1 aliphatic carbocycles. The molecule has 1 N–H and O–H groups in total. The lowest BCUT2D eigenvalue weighted by Crippen LogP contribution is -2.40. The number of fused-ring (bicyclic) bond motifs is 1. The van der Waals surface area contributed by atoms with Crippen LogP contribution in [0.15, 0.2) is 137 Å². The summed E-state index contributed by atoms with van der Waals surface area (Å²) in [5.41, 5.74) is 5.01. The van der Waals surface area contributed by atoms with E-state index in [0.29, 0.717) is 11.4 Å². The van der Waals surface area contributed by atoms with Crippen LogP contribution in [0.4, 0.5) is 8.78 Å². The van der Waals surface area contributed by atoms with Crippen molar-refractivity contribution >= 4 is 26.8 Å². The van der Waals surface area contributed by atoms with Crippen LogP contribution in [-0.2, 0) is 32.5 Å². The Kier molecular flexibility index (Phi) is 10.7. The second kappa shape index (κ2) is 16.4. The second-order valence-electron chi connectivity index (χ2n) is 15.1. The molecule has 14 heteroatoms. The van der Waals surface area contributed by atoms with Crippen LogP contribution < -0.4 is 10.9 Å². The second-order valence-corrected chi connectivity index (χ2v) is 17.0. The minimum absolute atomic E-state index is 0.0318. The molecule has 60 heavy (non-hydrogen) atoms. The van der Waals surface area contributed by atoms with Gasteiger partial charge in [-0.3, -0.25) is 18.8 Å². The van der Waals surface area contributed by atoms with Crippen LogP contribution in [0.2, 0.25) is 0 Å². The standard InChI is InChI=1S/C46H40F2N6O5S/c47-36-24-30(25-37(48)28-36)26-43(49-44(55)29-52-19-18-41(51-52)34-10-11-34)45-50-42-27-35(33-8-6-32(7-9-33)31-4-2-1-3-5-31)12-17-40(42)46(56)54(45)38-13-15-39(16-14-38)60(57,58)53-20-22-59-23-21-53/h1-9,12-19,24-25,27-28,34,43H,10-11,20-23,26,29H2,(H,49,55). The number of nitrogens with zero attached hydrogens (tertiary/aromatic N) is 5. The molecule has 3 heterocycles. The first kappa shape index (κ1) is 39.1. The summed E-state index contributed by atoms with van der Waals surface area (Å²) in [5.74, 6) is -1.62. The van der Waals surface area contributed by atoms with E-state index in [1.807, 2.05) is 66.7 Å². The molecule has 0 bridgehead atoms. The summed E-state index contributed by atoms with van der Waals surface area (Å²) in [6.45, 7) is 0.831. The maximum Gasteiger partial charge on any atom is 0.266 e. The predicted molar refractivity (Wildman–Crippen MR) is 223 cm³/mol. The van der Waals surface area contributed by atoms with Crippen molar-refractivity contribution in [3.63, 3.8) is 0 Å². The van der Waals surface area contributed by atoms with Crippen LogP contribution in [-0.4, -0.2) is 64.3 Å². The zero-order valence-electron chi connectivity index (χ0n) is 32.4. The van der Waals surface area contributed by atoms with Crippen molar-refractivity contribution in [1.82, 2.24) is 29.0 Å². The Morgan fingerprint density at radius 2 is 1.45 bits per heavy atom. The Morgan fingerprint density at radius 3 is 2.13 bits per heavy atom. The Hall–Kier alpha value is -6.35. The smallest absolute Gasteiger partial charge is 0.266 e. The van der Waals surface area contributed by atoms with Crippen molar-refractivity contribution in [3.8, 4) is 27.9 Å². The van der Waals surface area contributed by atoms with E-state index in [-0.39, 0.29) is 66.6 Å². The van der Waals surface area contributed by atoms with Gasteiger partial charge in [0.05, 0.1) is 46.4 Å². The normalized spacial score (nSPS) is 15.2. The molecule has 11 nitrogen and oxygen atoms in total.